The van der Waals surface area contributed by atoms with Crippen LogP contribution in [0.15, 0.2) is 72.8 Å². The summed E-state index contributed by atoms with van der Waals surface area (Å²) in [6.45, 7) is -0.754. The molecular formula is C25H20ClF3N2O5. The molecule has 0 heterocycles. The van der Waals surface area contributed by atoms with E-state index in [9.17, 15) is 27.6 Å². The predicted molar refractivity (Wildman–Crippen MR) is 127 cm³/mol. The quantitative estimate of drug-likeness (QED) is 0.335. The van der Waals surface area contributed by atoms with Crippen molar-refractivity contribution in [3.63, 3.8) is 0 Å². The van der Waals surface area contributed by atoms with Crippen LogP contribution >= 0.6 is 11.6 Å². The molecule has 188 valence electrons. The van der Waals surface area contributed by atoms with Gasteiger partial charge in [-0.25, -0.2) is 0 Å². The van der Waals surface area contributed by atoms with Gasteiger partial charge in [0, 0.05) is 12.1 Å². The number of hydrogen-bond donors (Lipinski definition) is 2. The second-order valence-corrected chi connectivity index (χ2v) is 7.80. The van der Waals surface area contributed by atoms with Crippen molar-refractivity contribution >= 4 is 40.8 Å². The molecule has 0 aliphatic heterocycles. The first-order valence-corrected chi connectivity index (χ1v) is 10.9. The molecule has 0 saturated heterocycles. The monoisotopic (exact) mass is 520 g/mol. The number of hydrogen-bond acceptors (Lipinski definition) is 5. The van der Waals surface area contributed by atoms with Crippen molar-refractivity contribution in [2.24, 2.45) is 0 Å². The smallest absolute Gasteiger partial charge is 0.416 e. The molecule has 2 amide bonds. The molecule has 11 heteroatoms. The van der Waals surface area contributed by atoms with E-state index >= 15 is 0 Å². The zero-order valence-electron chi connectivity index (χ0n) is 18.6. The Morgan fingerprint density at radius 3 is 2.14 bits per heavy atom. The highest BCUT2D eigenvalue weighted by molar-refractivity contribution is 6.33. The van der Waals surface area contributed by atoms with Crippen LogP contribution in [0.2, 0.25) is 5.02 Å². The zero-order chi connectivity index (χ0) is 26.1. The lowest BCUT2D eigenvalue weighted by molar-refractivity contribution is -0.147. The van der Waals surface area contributed by atoms with E-state index < -0.39 is 36.1 Å². The molecule has 0 aliphatic carbocycles. The average Bonchev–Trinajstić information content (AvgIpc) is 2.84. The Kier molecular flexibility index (Phi) is 8.91. The highest BCUT2D eigenvalue weighted by atomic mass is 35.5. The molecule has 0 bridgehead atoms. The molecule has 0 spiro atoms. The molecular weight excluding hydrogens is 501 g/mol. The van der Waals surface area contributed by atoms with Gasteiger partial charge in [0.15, 0.2) is 6.61 Å². The van der Waals surface area contributed by atoms with Gasteiger partial charge in [-0.2, -0.15) is 13.2 Å². The van der Waals surface area contributed by atoms with Gasteiger partial charge in [-0.15, -0.1) is 0 Å². The fourth-order valence-electron chi connectivity index (χ4n) is 2.87. The molecule has 0 atom stereocenters. The molecule has 0 fully saturated rings. The van der Waals surface area contributed by atoms with Crippen molar-refractivity contribution < 1.29 is 37.0 Å². The summed E-state index contributed by atoms with van der Waals surface area (Å²) < 4.78 is 48.9. The van der Waals surface area contributed by atoms with E-state index in [0.29, 0.717) is 23.3 Å². The number of benzene rings is 3. The number of esters is 1. The van der Waals surface area contributed by atoms with Crippen molar-refractivity contribution in [1.29, 1.82) is 0 Å². The van der Waals surface area contributed by atoms with E-state index in [1.807, 2.05) is 18.2 Å². The minimum atomic E-state index is -4.62. The lowest BCUT2D eigenvalue weighted by Crippen LogP contribution is -2.22. The third-order valence-electron chi connectivity index (χ3n) is 4.61. The van der Waals surface area contributed by atoms with E-state index in [1.54, 1.807) is 36.4 Å². The van der Waals surface area contributed by atoms with E-state index in [-0.39, 0.29) is 23.6 Å². The van der Waals surface area contributed by atoms with Gasteiger partial charge in [0.25, 0.3) is 5.91 Å². The SMILES string of the molecule is O=C(CCC(=O)OCC(=O)Nc1cc(C(F)(F)F)ccc1Cl)Nc1ccc(Oc2ccccc2)cc1. The Balaban J connectivity index is 1.39. The van der Waals surface area contributed by atoms with Gasteiger partial charge in [-0.05, 0) is 54.6 Å². The summed E-state index contributed by atoms with van der Waals surface area (Å²) in [6.07, 6.45) is -5.13. The van der Waals surface area contributed by atoms with E-state index in [1.165, 1.54) is 0 Å². The standard InChI is InChI=1S/C25H20ClF3N2O5/c26-20-11-6-16(25(27,28)29)14-21(20)31-23(33)15-35-24(34)13-12-22(32)30-17-7-9-19(10-8-17)36-18-4-2-1-3-5-18/h1-11,14H,12-13,15H2,(H,30,32)(H,31,33). The minimum Gasteiger partial charge on any atom is -0.457 e. The summed E-state index contributed by atoms with van der Waals surface area (Å²) in [5.41, 5.74) is -0.776. The lowest BCUT2D eigenvalue weighted by Gasteiger charge is -2.12. The fourth-order valence-corrected chi connectivity index (χ4v) is 3.04. The van der Waals surface area contributed by atoms with Gasteiger partial charge in [0.2, 0.25) is 5.91 Å². The van der Waals surface area contributed by atoms with Crippen LogP contribution in [-0.4, -0.2) is 24.4 Å². The molecule has 0 saturated carbocycles. The van der Waals surface area contributed by atoms with Crippen LogP contribution in [0.4, 0.5) is 24.5 Å². The minimum absolute atomic E-state index is 0.112. The zero-order valence-corrected chi connectivity index (χ0v) is 19.4. The highest BCUT2D eigenvalue weighted by Crippen LogP contribution is 2.33. The molecule has 3 aromatic carbocycles. The maximum Gasteiger partial charge on any atom is 0.416 e. The number of carbonyl (C=O) groups is 3. The number of nitrogens with one attached hydrogen (secondary N) is 2. The van der Waals surface area contributed by atoms with Gasteiger partial charge in [0.05, 0.1) is 22.7 Å². The van der Waals surface area contributed by atoms with Crippen molar-refractivity contribution in [2.45, 2.75) is 19.0 Å². The number of carbonyl (C=O) groups excluding carboxylic acids is 3. The third-order valence-corrected chi connectivity index (χ3v) is 4.93. The van der Waals surface area contributed by atoms with Crippen molar-refractivity contribution in [1.82, 2.24) is 0 Å². The fraction of sp³-hybridized carbons (Fsp3) is 0.160. The van der Waals surface area contributed by atoms with E-state index in [2.05, 4.69) is 10.6 Å². The Labute approximate surface area is 209 Å². The molecule has 0 radical (unpaired) electrons. The third kappa shape index (κ3) is 8.31. The number of ether oxygens (including phenoxy) is 2. The van der Waals surface area contributed by atoms with Gasteiger partial charge < -0.3 is 20.1 Å². The summed E-state index contributed by atoms with van der Waals surface area (Å²) in [6, 6.07) is 18.2. The first-order valence-electron chi connectivity index (χ1n) is 10.6. The largest absolute Gasteiger partial charge is 0.457 e. The summed E-state index contributed by atoms with van der Waals surface area (Å²) in [4.78, 5) is 35.9. The molecule has 3 rings (SSSR count). The maximum atomic E-state index is 12.8. The Hall–Kier alpha value is -4.05. The van der Waals surface area contributed by atoms with Crippen LogP contribution in [0.5, 0.6) is 11.5 Å². The summed E-state index contributed by atoms with van der Waals surface area (Å²) in [5.74, 6) is -0.926. The number of amides is 2. The van der Waals surface area contributed by atoms with Crippen LogP contribution in [0, 0.1) is 0 Å². The van der Waals surface area contributed by atoms with Crippen LogP contribution in [0.1, 0.15) is 18.4 Å². The normalized spacial score (nSPS) is 10.9. The number of anilines is 2. The Bertz CT molecular complexity index is 1220. The second kappa shape index (κ2) is 12.1. The lowest BCUT2D eigenvalue weighted by atomic mass is 10.2. The van der Waals surface area contributed by atoms with E-state index in [4.69, 9.17) is 21.1 Å². The number of halogens is 4. The van der Waals surface area contributed by atoms with Crippen LogP contribution in [-0.2, 0) is 25.3 Å². The summed E-state index contributed by atoms with van der Waals surface area (Å²) in [7, 11) is 0. The second-order valence-electron chi connectivity index (χ2n) is 7.39. The number of rotatable bonds is 9. The first-order chi connectivity index (χ1) is 17.1. The van der Waals surface area contributed by atoms with Crippen LogP contribution in [0.3, 0.4) is 0 Å². The number of alkyl halides is 3. The van der Waals surface area contributed by atoms with Crippen LogP contribution in [0.25, 0.3) is 0 Å². The van der Waals surface area contributed by atoms with Crippen LogP contribution < -0.4 is 15.4 Å². The number of para-hydroxylation sites is 1. The van der Waals surface area contributed by atoms with Crippen molar-refractivity contribution in [3.8, 4) is 11.5 Å². The van der Waals surface area contributed by atoms with Gasteiger partial charge in [0.1, 0.15) is 11.5 Å². The molecule has 0 aliphatic rings. The first kappa shape index (κ1) is 26.6. The molecule has 3 aromatic rings. The predicted octanol–water partition coefficient (Wildman–Crippen LogP) is 6.05. The van der Waals surface area contributed by atoms with Crippen molar-refractivity contribution in [3.05, 3.63) is 83.4 Å². The topological polar surface area (TPSA) is 93.7 Å². The molecule has 7 nitrogen and oxygen atoms in total. The molecule has 2 N–H and O–H groups in total. The van der Waals surface area contributed by atoms with Gasteiger partial charge in [-0.1, -0.05) is 29.8 Å². The molecule has 0 aromatic heterocycles. The van der Waals surface area contributed by atoms with E-state index in [0.717, 1.165) is 12.1 Å². The Morgan fingerprint density at radius 1 is 0.806 bits per heavy atom. The highest BCUT2D eigenvalue weighted by Gasteiger charge is 2.31. The average molecular weight is 521 g/mol. The summed E-state index contributed by atoms with van der Waals surface area (Å²) in [5, 5.41) is 4.67. The Morgan fingerprint density at radius 2 is 1.47 bits per heavy atom. The van der Waals surface area contributed by atoms with Gasteiger partial charge >= 0.3 is 12.1 Å². The molecule has 0 unspecified atom stereocenters. The maximum absolute atomic E-state index is 12.8. The van der Waals surface area contributed by atoms with Crippen molar-refractivity contribution in [2.75, 3.05) is 17.2 Å². The van der Waals surface area contributed by atoms with Gasteiger partial charge in [-0.3, -0.25) is 14.4 Å². The molecule has 36 heavy (non-hydrogen) atoms. The summed E-state index contributed by atoms with van der Waals surface area (Å²) >= 11 is 5.81.